The quantitative estimate of drug-likeness (QED) is 0.870. The van der Waals surface area contributed by atoms with Gasteiger partial charge in [-0.25, -0.2) is 0 Å². The Labute approximate surface area is 120 Å². The molecule has 2 N–H and O–H groups in total. The minimum atomic E-state index is -0.720. The number of aliphatic carboxylic acids is 1. The van der Waals surface area contributed by atoms with E-state index in [-0.39, 0.29) is 0 Å². The predicted molar refractivity (Wildman–Crippen MR) is 78.4 cm³/mol. The Morgan fingerprint density at radius 2 is 2.00 bits per heavy atom. The molecule has 1 aliphatic rings. The molecule has 19 heavy (non-hydrogen) atoms. The van der Waals surface area contributed by atoms with E-state index in [0.29, 0.717) is 0 Å². The topological polar surface area (TPSA) is 53.1 Å². The maximum atomic E-state index is 11.9. The van der Waals surface area contributed by atoms with Crippen LogP contribution in [0.15, 0.2) is 28.9 Å². The maximum absolute atomic E-state index is 11.9. The number of benzene rings is 1. The molecule has 0 aliphatic heterocycles. The van der Waals surface area contributed by atoms with Crippen molar-refractivity contribution in [2.75, 3.05) is 0 Å². The molecule has 0 spiro atoms. The summed E-state index contributed by atoms with van der Waals surface area (Å²) in [6, 6.07) is 5.93. The first-order valence-electron chi connectivity index (χ1n) is 6.65. The number of halogens is 1. The van der Waals surface area contributed by atoms with E-state index in [1.807, 2.05) is 24.4 Å². The number of rotatable bonds is 2. The third-order valence-corrected chi connectivity index (χ3v) is 4.95. The van der Waals surface area contributed by atoms with Gasteiger partial charge in [-0.05, 0) is 34.3 Å². The summed E-state index contributed by atoms with van der Waals surface area (Å²) >= 11 is 3.50. The van der Waals surface area contributed by atoms with Gasteiger partial charge in [0.1, 0.15) is 0 Å². The van der Waals surface area contributed by atoms with Crippen LogP contribution in [-0.2, 0) is 10.2 Å². The van der Waals surface area contributed by atoms with Gasteiger partial charge >= 0.3 is 5.97 Å². The highest BCUT2D eigenvalue weighted by molar-refractivity contribution is 9.10. The summed E-state index contributed by atoms with van der Waals surface area (Å²) in [4.78, 5) is 15.1. The fraction of sp³-hybridized carbons (Fsp3) is 0.400. The first-order chi connectivity index (χ1) is 9.15. The van der Waals surface area contributed by atoms with Crippen LogP contribution in [-0.4, -0.2) is 16.1 Å². The monoisotopic (exact) mass is 321 g/mol. The van der Waals surface area contributed by atoms with Crippen molar-refractivity contribution in [3.63, 3.8) is 0 Å². The fourth-order valence-corrected chi connectivity index (χ4v) is 3.72. The summed E-state index contributed by atoms with van der Waals surface area (Å²) in [7, 11) is 0. The zero-order valence-electron chi connectivity index (χ0n) is 10.6. The molecule has 1 aromatic carbocycles. The van der Waals surface area contributed by atoms with Crippen molar-refractivity contribution in [1.29, 1.82) is 0 Å². The lowest BCUT2D eigenvalue weighted by molar-refractivity contribution is -0.145. The SMILES string of the molecule is O=C(O)C1(c2cccc3c(Br)c[nH]c23)CCCCC1. The highest BCUT2D eigenvalue weighted by atomic mass is 79.9. The lowest BCUT2D eigenvalue weighted by Gasteiger charge is -2.34. The molecule has 100 valence electrons. The Kier molecular flexibility index (Phi) is 3.13. The van der Waals surface area contributed by atoms with Gasteiger partial charge in [-0.15, -0.1) is 0 Å². The molecule has 1 fully saturated rings. The summed E-state index contributed by atoms with van der Waals surface area (Å²) in [6.45, 7) is 0. The molecule has 3 nitrogen and oxygen atoms in total. The van der Waals surface area contributed by atoms with Crippen LogP contribution in [0.5, 0.6) is 0 Å². The van der Waals surface area contributed by atoms with Gasteiger partial charge in [-0.3, -0.25) is 4.79 Å². The first-order valence-corrected chi connectivity index (χ1v) is 7.44. The predicted octanol–water partition coefficient (Wildman–Crippen LogP) is 4.22. The maximum Gasteiger partial charge on any atom is 0.314 e. The van der Waals surface area contributed by atoms with E-state index in [1.165, 1.54) is 0 Å². The van der Waals surface area contributed by atoms with Crippen molar-refractivity contribution in [3.05, 3.63) is 34.4 Å². The molecule has 1 aliphatic carbocycles. The molecule has 0 saturated heterocycles. The van der Waals surface area contributed by atoms with E-state index in [9.17, 15) is 9.90 Å². The molecule has 3 rings (SSSR count). The summed E-state index contributed by atoms with van der Waals surface area (Å²) in [6.07, 6.45) is 6.47. The van der Waals surface area contributed by atoms with Crippen molar-refractivity contribution < 1.29 is 9.90 Å². The Bertz CT molecular complexity index is 626. The second kappa shape index (κ2) is 4.67. The van der Waals surface area contributed by atoms with Gasteiger partial charge in [0.2, 0.25) is 0 Å². The summed E-state index contributed by atoms with van der Waals surface area (Å²) in [5.41, 5.74) is 1.17. The van der Waals surface area contributed by atoms with Crippen LogP contribution in [0.25, 0.3) is 10.9 Å². The van der Waals surface area contributed by atoms with Crippen LogP contribution in [0.2, 0.25) is 0 Å². The number of hydrogen-bond donors (Lipinski definition) is 2. The van der Waals surface area contributed by atoms with Crippen LogP contribution in [0.4, 0.5) is 0 Å². The number of aromatic amines is 1. The number of nitrogens with one attached hydrogen (secondary N) is 1. The number of carboxylic acids is 1. The second-order valence-electron chi connectivity index (χ2n) is 5.31. The average Bonchev–Trinajstić information content (AvgIpc) is 2.81. The number of para-hydroxylation sites is 1. The second-order valence-corrected chi connectivity index (χ2v) is 6.17. The molecule has 0 radical (unpaired) electrons. The molecule has 4 heteroatoms. The minimum absolute atomic E-state index is 0.689. The van der Waals surface area contributed by atoms with Crippen LogP contribution < -0.4 is 0 Å². The minimum Gasteiger partial charge on any atom is -0.481 e. The van der Waals surface area contributed by atoms with E-state index >= 15 is 0 Å². The molecule has 0 bridgehead atoms. The Morgan fingerprint density at radius 3 is 2.68 bits per heavy atom. The molecule has 1 heterocycles. The van der Waals surface area contributed by atoms with Crippen molar-refractivity contribution in [1.82, 2.24) is 4.98 Å². The van der Waals surface area contributed by atoms with Gasteiger partial charge in [0.15, 0.2) is 0 Å². The number of fused-ring (bicyclic) bond motifs is 1. The number of H-pyrrole nitrogens is 1. The van der Waals surface area contributed by atoms with Crippen LogP contribution >= 0.6 is 15.9 Å². The smallest absolute Gasteiger partial charge is 0.314 e. The molecule has 2 aromatic rings. The van der Waals surface area contributed by atoms with Crippen molar-refractivity contribution >= 4 is 32.8 Å². The first kappa shape index (κ1) is 12.7. The van der Waals surface area contributed by atoms with Crippen molar-refractivity contribution in [2.24, 2.45) is 0 Å². The zero-order chi connectivity index (χ0) is 13.5. The molecular weight excluding hydrogens is 306 g/mol. The summed E-state index contributed by atoms with van der Waals surface area (Å²) < 4.78 is 0.987. The Hall–Kier alpha value is -1.29. The standard InChI is InChI=1S/C15H16BrNO2/c16-12-9-17-13-10(12)5-4-6-11(13)15(14(18)19)7-2-1-3-8-15/h4-6,9,17H,1-3,7-8H2,(H,18,19). The molecule has 0 amide bonds. The fourth-order valence-electron chi connectivity index (χ4n) is 3.27. The van der Waals surface area contributed by atoms with E-state index in [0.717, 1.165) is 53.0 Å². The zero-order valence-corrected chi connectivity index (χ0v) is 12.2. The number of carboxylic acid groups (broad SMARTS) is 1. The normalized spacial score (nSPS) is 18.6. The molecule has 1 saturated carbocycles. The lowest BCUT2D eigenvalue weighted by atomic mass is 9.69. The van der Waals surface area contributed by atoms with Crippen LogP contribution in [0.3, 0.4) is 0 Å². The van der Waals surface area contributed by atoms with Gasteiger partial charge in [0, 0.05) is 16.1 Å². The summed E-state index contributed by atoms with van der Waals surface area (Å²) in [5.74, 6) is -0.689. The Morgan fingerprint density at radius 1 is 1.26 bits per heavy atom. The van der Waals surface area contributed by atoms with Crippen molar-refractivity contribution in [3.8, 4) is 0 Å². The number of hydrogen-bond acceptors (Lipinski definition) is 1. The van der Waals surface area contributed by atoms with Gasteiger partial charge in [0.25, 0.3) is 0 Å². The van der Waals surface area contributed by atoms with E-state index < -0.39 is 11.4 Å². The number of aromatic nitrogens is 1. The molecular formula is C15H16BrNO2. The molecule has 0 atom stereocenters. The summed E-state index contributed by atoms with van der Waals surface area (Å²) in [5, 5.41) is 10.8. The van der Waals surface area contributed by atoms with E-state index in [1.54, 1.807) is 0 Å². The lowest BCUT2D eigenvalue weighted by Crippen LogP contribution is -2.38. The largest absolute Gasteiger partial charge is 0.481 e. The van der Waals surface area contributed by atoms with Gasteiger partial charge < -0.3 is 10.1 Å². The third-order valence-electron chi connectivity index (χ3n) is 4.30. The van der Waals surface area contributed by atoms with E-state index in [2.05, 4.69) is 20.9 Å². The highest BCUT2D eigenvalue weighted by Gasteiger charge is 2.42. The van der Waals surface area contributed by atoms with Crippen molar-refractivity contribution in [2.45, 2.75) is 37.5 Å². The highest BCUT2D eigenvalue weighted by Crippen LogP contribution is 2.43. The van der Waals surface area contributed by atoms with Gasteiger partial charge in [0.05, 0.1) is 10.9 Å². The Balaban J connectivity index is 2.23. The molecule has 1 aromatic heterocycles. The van der Waals surface area contributed by atoms with Gasteiger partial charge in [-0.1, -0.05) is 37.5 Å². The third kappa shape index (κ3) is 1.89. The molecule has 0 unspecified atom stereocenters. The van der Waals surface area contributed by atoms with Gasteiger partial charge in [-0.2, -0.15) is 0 Å². The van der Waals surface area contributed by atoms with E-state index in [4.69, 9.17) is 0 Å². The van der Waals surface area contributed by atoms with Crippen LogP contribution in [0.1, 0.15) is 37.7 Å². The average molecular weight is 322 g/mol. The van der Waals surface area contributed by atoms with Crippen LogP contribution in [0, 0.1) is 0 Å². The number of carbonyl (C=O) groups is 1.